The molecule has 0 spiro atoms. The van der Waals surface area contributed by atoms with Gasteiger partial charge in [-0.25, -0.2) is 8.78 Å². The van der Waals surface area contributed by atoms with Gasteiger partial charge < -0.3 is 15.1 Å². The molecule has 186 valence electrons. The lowest BCUT2D eigenvalue weighted by Gasteiger charge is -2.33. The summed E-state index contributed by atoms with van der Waals surface area (Å²) in [7, 11) is 0. The monoisotopic (exact) mass is 473 g/mol. The van der Waals surface area contributed by atoms with Crippen molar-refractivity contribution < 1.29 is 13.6 Å². The molecule has 1 aromatic heterocycles. The van der Waals surface area contributed by atoms with E-state index < -0.39 is 6.43 Å². The Morgan fingerprint density at radius 1 is 1.15 bits per heavy atom. The first-order chi connectivity index (χ1) is 16.4. The molecule has 0 saturated carbocycles. The molecule has 0 atom stereocenters. The third kappa shape index (κ3) is 4.57. The number of rotatable bonds is 3. The summed E-state index contributed by atoms with van der Waals surface area (Å²) in [6, 6.07) is 3.92. The number of amides is 1. The minimum atomic E-state index is -2.50. The van der Waals surface area contributed by atoms with E-state index in [1.807, 2.05) is 24.8 Å². The van der Waals surface area contributed by atoms with Crippen LogP contribution in [0.3, 0.4) is 0 Å². The van der Waals surface area contributed by atoms with Gasteiger partial charge in [0.2, 0.25) is 5.91 Å². The van der Waals surface area contributed by atoms with Gasteiger partial charge in [-0.3, -0.25) is 9.48 Å². The van der Waals surface area contributed by atoms with Crippen LogP contribution in [0.2, 0.25) is 0 Å². The normalized spacial score (nSPS) is 18.3. The maximum Gasteiger partial charge on any atom is 0.264 e. The fourth-order valence-electron chi connectivity index (χ4n) is 5.49. The van der Waals surface area contributed by atoms with Crippen molar-refractivity contribution in [1.82, 2.24) is 20.0 Å². The summed E-state index contributed by atoms with van der Waals surface area (Å²) in [5.41, 5.74) is 4.96. The molecule has 2 aromatic rings. The molecular weight excluding hydrogens is 436 g/mol. The topological polar surface area (TPSA) is 53.4 Å². The highest BCUT2D eigenvalue weighted by atomic mass is 19.3. The number of carbonyl (C=O) groups is 1. The van der Waals surface area contributed by atoms with Gasteiger partial charge in [-0.2, -0.15) is 5.10 Å². The summed E-state index contributed by atoms with van der Waals surface area (Å²) in [6.07, 6.45) is 2.16. The first-order valence-electron chi connectivity index (χ1n) is 12.7. The van der Waals surface area contributed by atoms with Gasteiger partial charge in [0.05, 0.1) is 12.6 Å². The Labute approximate surface area is 201 Å². The number of aryl methyl sites for hydroxylation is 2. The van der Waals surface area contributed by atoms with Crippen LogP contribution in [-0.4, -0.2) is 46.8 Å². The van der Waals surface area contributed by atoms with Gasteiger partial charge in [-0.1, -0.05) is 19.9 Å². The van der Waals surface area contributed by atoms with Gasteiger partial charge in [-0.15, -0.1) is 0 Å². The average Bonchev–Trinajstić information content (AvgIpc) is 3.23. The van der Waals surface area contributed by atoms with Crippen LogP contribution in [0.15, 0.2) is 12.1 Å². The van der Waals surface area contributed by atoms with Gasteiger partial charge in [-0.05, 0) is 62.9 Å². The quantitative estimate of drug-likeness (QED) is 0.676. The molecule has 6 nitrogen and oxygen atoms in total. The van der Waals surface area contributed by atoms with Crippen molar-refractivity contribution in [1.29, 1.82) is 0 Å². The molecular formula is C26H37F2N5O. The van der Waals surface area contributed by atoms with Crippen LogP contribution in [0, 0.1) is 6.92 Å². The molecule has 3 aliphatic rings. The van der Waals surface area contributed by atoms with E-state index in [0.29, 0.717) is 24.7 Å². The summed E-state index contributed by atoms with van der Waals surface area (Å²) in [4.78, 5) is 16.1. The van der Waals surface area contributed by atoms with Crippen molar-refractivity contribution in [2.45, 2.75) is 78.8 Å². The molecule has 4 heterocycles. The van der Waals surface area contributed by atoms with Gasteiger partial charge in [0.15, 0.2) is 5.82 Å². The lowest BCUT2D eigenvalue weighted by Crippen LogP contribution is -2.36. The number of piperidine rings is 1. The first kappa shape index (κ1) is 24.6. The Morgan fingerprint density at radius 2 is 1.88 bits per heavy atom. The fraction of sp³-hybridized carbons (Fsp3) is 0.615. The number of alkyl halides is 2. The number of halogens is 2. The van der Waals surface area contributed by atoms with E-state index in [2.05, 4.69) is 14.9 Å². The predicted molar refractivity (Wildman–Crippen MR) is 131 cm³/mol. The fourth-order valence-corrected chi connectivity index (χ4v) is 5.49. The molecule has 0 unspecified atom stereocenters. The molecule has 8 heteroatoms. The number of benzene rings is 1. The molecule has 1 aromatic carbocycles. The molecule has 1 saturated heterocycles. The summed E-state index contributed by atoms with van der Waals surface area (Å²) < 4.78 is 29.6. The van der Waals surface area contributed by atoms with Gasteiger partial charge in [0.1, 0.15) is 0 Å². The van der Waals surface area contributed by atoms with E-state index >= 15 is 0 Å². The second kappa shape index (κ2) is 10.4. The zero-order valence-electron chi connectivity index (χ0n) is 20.8. The number of fused-ring (bicyclic) bond motifs is 2. The summed E-state index contributed by atoms with van der Waals surface area (Å²) in [5.74, 6) is 0.903. The molecule has 0 bridgehead atoms. The minimum absolute atomic E-state index is 0.0610. The van der Waals surface area contributed by atoms with Crippen molar-refractivity contribution in [3.8, 4) is 0 Å². The first-order valence-corrected chi connectivity index (χ1v) is 12.7. The number of carbonyl (C=O) groups excluding carboxylic acids is 1. The van der Waals surface area contributed by atoms with Crippen LogP contribution in [0.4, 0.5) is 20.3 Å². The lowest BCUT2D eigenvalue weighted by molar-refractivity contribution is -0.129. The van der Waals surface area contributed by atoms with Gasteiger partial charge in [0, 0.05) is 48.9 Å². The van der Waals surface area contributed by atoms with E-state index in [1.165, 1.54) is 5.69 Å². The number of anilines is 2. The average molecular weight is 474 g/mol. The highest BCUT2D eigenvalue weighted by molar-refractivity contribution is 5.75. The van der Waals surface area contributed by atoms with Crippen LogP contribution in [-0.2, 0) is 24.2 Å². The van der Waals surface area contributed by atoms with Crippen molar-refractivity contribution in [2.75, 3.05) is 31.1 Å². The van der Waals surface area contributed by atoms with Crippen LogP contribution < -0.4 is 10.2 Å². The highest BCUT2D eigenvalue weighted by Crippen LogP contribution is 2.41. The number of nitrogens with one attached hydrogen (secondary N) is 1. The lowest BCUT2D eigenvalue weighted by atomic mass is 9.95. The smallest absolute Gasteiger partial charge is 0.264 e. The van der Waals surface area contributed by atoms with E-state index in [4.69, 9.17) is 5.10 Å². The van der Waals surface area contributed by atoms with Crippen LogP contribution in [0.5, 0.6) is 0 Å². The van der Waals surface area contributed by atoms with Crippen LogP contribution in [0.25, 0.3) is 0 Å². The summed E-state index contributed by atoms with van der Waals surface area (Å²) >= 11 is 0. The maximum absolute atomic E-state index is 13.7. The Hall–Kier alpha value is -2.48. The largest absolute Gasteiger partial charge is 0.338 e. The van der Waals surface area contributed by atoms with Crippen LogP contribution in [0.1, 0.15) is 80.4 Å². The zero-order valence-corrected chi connectivity index (χ0v) is 20.8. The number of nitrogens with zero attached hydrogens (tertiary/aromatic N) is 4. The van der Waals surface area contributed by atoms with Crippen molar-refractivity contribution in [3.63, 3.8) is 0 Å². The van der Waals surface area contributed by atoms with E-state index in [1.54, 1.807) is 19.9 Å². The van der Waals surface area contributed by atoms with Crippen molar-refractivity contribution in [2.24, 2.45) is 0 Å². The second-order valence-corrected chi connectivity index (χ2v) is 9.26. The SMILES string of the molecule is CC.CC(=O)N1CCc2c(c(N3CCCc4cc(C)c(C(F)F)cc43)nn2C2CCNCC2)C1. The second-order valence-electron chi connectivity index (χ2n) is 9.26. The van der Waals surface area contributed by atoms with Crippen molar-refractivity contribution >= 4 is 17.4 Å². The van der Waals surface area contributed by atoms with E-state index in [9.17, 15) is 13.6 Å². The van der Waals surface area contributed by atoms with E-state index in [0.717, 1.165) is 74.4 Å². The molecule has 1 fully saturated rings. The standard InChI is InChI=1S/C24H31F2N5O.C2H6/c1-15-12-17-4-3-10-30(22(17)13-19(15)23(25)26)24-20-14-29(16(2)32)11-7-21(20)31(28-24)18-5-8-27-9-6-18;1-2/h12-13,18,23,27H,3-11,14H2,1-2H3;1-2H3. The minimum Gasteiger partial charge on any atom is -0.338 e. The highest BCUT2D eigenvalue weighted by Gasteiger charge is 2.33. The molecule has 3 aliphatic heterocycles. The van der Waals surface area contributed by atoms with Crippen molar-refractivity contribution in [3.05, 3.63) is 40.1 Å². The maximum atomic E-state index is 13.7. The Morgan fingerprint density at radius 3 is 2.56 bits per heavy atom. The Bertz CT molecular complexity index is 1030. The molecule has 1 amide bonds. The summed E-state index contributed by atoms with van der Waals surface area (Å²) in [6.45, 7) is 11.3. The Balaban J connectivity index is 0.00000133. The summed E-state index contributed by atoms with van der Waals surface area (Å²) in [5, 5.41) is 8.53. The predicted octanol–water partition coefficient (Wildman–Crippen LogP) is 5.07. The molecule has 0 aliphatic carbocycles. The molecule has 1 N–H and O–H groups in total. The van der Waals surface area contributed by atoms with Crippen LogP contribution >= 0.6 is 0 Å². The molecule has 34 heavy (non-hydrogen) atoms. The molecule has 5 rings (SSSR count). The van der Waals surface area contributed by atoms with Gasteiger partial charge in [0.25, 0.3) is 6.43 Å². The zero-order chi connectivity index (χ0) is 24.4. The number of hydrogen-bond donors (Lipinski definition) is 1. The third-order valence-electron chi connectivity index (χ3n) is 7.24. The third-order valence-corrected chi connectivity index (χ3v) is 7.24. The van der Waals surface area contributed by atoms with Gasteiger partial charge >= 0.3 is 0 Å². The molecule has 0 radical (unpaired) electrons. The number of aromatic nitrogens is 2. The number of hydrogen-bond acceptors (Lipinski definition) is 4. The van der Waals surface area contributed by atoms with E-state index in [-0.39, 0.29) is 11.5 Å². The Kier molecular flexibility index (Phi) is 7.55.